The molecule has 0 bridgehead atoms. The number of likely N-dealkylation sites (tertiary alicyclic amines) is 1. The van der Waals surface area contributed by atoms with Crippen LogP contribution < -0.4 is 10.6 Å². The first kappa shape index (κ1) is 27.4. The molecule has 0 aromatic heterocycles. The second-order valence-electron chi connectivity index (χ2n) is 7.66. The number of hydrogen-bond donors (Lipinski definition) is 2. The van der Waals surface area contributed by atoms with Crippen molar-refractivity contribution in [1.29, 1.82) is 0 Å². The third-order valence-corrected chi connectivity index (χ3v) is 5.45. The van der Waals surface area contributed by atoms with Gasteiger partial charge in [-0.3, -0.25) is 9.79 Å². The van der Waals surface area contributed by atoms with Crippen LogP contribution in [0.3, 0.4) is 0 Å². The molecule has 1 heterocycles. The highest BCUT2D eigenvalue weighted by Crippen LogP contribution is 2.17. The van der Waals surface area contributed by atoms with E-state index in [1.165, 1.54) is 12.8 Å². The van der Waals surface area contributed by atoms with Crippen LogP contribution in [-0.2, 0) is 4.79 Å². The Labute approximate surface area is 190 Å². The highest BCUT2D eigenvalue weighted by atomic mass is 127. The van der Waals surface area contributed by atoms with Gasteiger partial charge in [-0.15, -0.1) is 24.0 Å². The topological polar surface area (TPSA) is 60.0 Å². The summed E-state index contributed by atoms with van der Waals surface area (Å²) in [5.41, 5.74) is 0. The van der Waals surface area contributed by atoms with Gasteiger partial charge < -0.3 is 20.4 Å². The number of amides is 1. The summed E-state index contributed by atoms with van der Waals surface area (Å²) in [7, 11) is 0. The molecule has 166 valence electrons. The normalized spacial score (nSPS) is 18.6. The molecule has 7 heteroatoms. The smallest absolute Gasteiger partial charge is 0.224 e. The first-order chi connectivity index (χ1) is 13.0. The Kier molecular flexibility index (Phi) is 15.9. The van der Waals surface area contributed by atoms with Crippen molar-refractivity contribution in [3.8, 4) is 0 Å². The number of hydrogen-bond acceptors (Lipinski definition) is 3. The molecule has 28 heavy (non-hydrogen) atoms. The molecule has 0 aliphatic carbocycles. The van der Waals surface area contributed by atoms with E-state index in [0.717, 1.165) is 57.9 Å². The molecule has 1 aliphatic heterocycles. The van der Waals surface area contributed by atoms with Crippen LogP contribution >= 0.6 is 24.0 Å². The van der Waals surface area contributed by atoms with Crippen molar-refractivity contribution < 1.29 is 4.79 Å². The molecular weight excluding hydrogens is 465 g/mol. The minimum Gasteiger partial charge on any atom is -0.357 e. The molecule has 2 N–H and O–H groups in total. The molecule has 2 unspecified atom stereocenters. The quantitative estimate of drug-likeness (QED) is 0.255. The van der Waals surface area contributed by atoms with E-state index in [9.17, 15) is 4.79 Å². The average Bonchev–Trinajstić information content (AvgIpc) is 2.65. The number of carbonyl (C=O) groups is 1. The van der Waals surface area contributed by atoms with Crippen molar-refractivity contribution in [3.63, 3.8) is 0 Å². The Morgan fingerprint density at radius 2 is 1.96 bits per heavy atom. The molecule has 2 atom stereocenters. The second kappa shape index (κ2) is 16.3. The van der Waals surface area contributed by atoms with Crippen LogP contribution in [0.1, 0.15) is 73.1 Å². The largest absolute Gasteiger partial charge is 0.357 e. The van der Waals surface area contributed by atoms with Gasteiger partial charge in [0, 0.05) is 31.6 Å². The van der Waals surface area contributed by atoms with Crippen molar-refractivity contribution in [2.45, 2.75) is 85.2 Å². The summed E-state index contributed by atoms with van der Waals surface area (Å²) in [4.78, 5) is 21.6. The lowest BCUT2D eigenvalue weighted by Gasteiger charge is -2.33. The van der Waals surface area contributed by atoms with Gasteiger partial charge in [-0.25, -0.2) is 0 Å². The Bertz CT molecular complexity index is 443. The molecule has 1 fully saturated rings. The second-order valence-corrected chi connectivity index (χ2v) is 7.66. The van der Waals surface area contributed by atoms with Crippen molar-refractivity contribution in [1.82, 2.24) is 20.4 Å². The molecule has 0 spiro atoms. The fraction of sp³-hybridized carbons (Fsp3) is 0.905. The minimum absolute atomic E-state index is 0. The van der Waals surface area contributed by atoms with Gasteiger partial charge in [-0.2, -0.15) is 0 Å². The van der Waals surface area contributed by atoms with Gasteiger partial charge >= 0.3 is 0 Å². The van der Waals surface area contributed by atoms with Gasteiger partial charge in [-0.1, -0.05) is 13.8 Å². The Hall–Kier alpha value is -0.570. The summed E-state index contributed by atoms with van der Waals surface area (Å²) in [6.45, 7) is 16.5. The lowest BCUT2D eigenvalue weighted by molar-refractivity contribution is -0.134. The van der Waals surface area contributed by atoms with Gasteiger partial charge in [-0.05, 0) is 72.5 Å². The summed E-state index contributed by atoms with van der Waals surface area (Å²) >= 11 is 0. The number of carbonyl (C=O) groups excluding carboxylic acids is 1. The highest BCUT2D eigenvalue weighted by molar-refractivity contribution is 14.0. The van der Waals surface area contributed by atoms with Crippen LogP contribution in [0.15, 0.2) is 4.99 Å². The third-order valence-electron chi connectivity index (χ3n) is 5.45. The molecule has 0 radical (unpaired) electrons. The van der Waals surface area contributed by atoms with Crippen LogP contribution in [0.25, 0.3) is 0 Å². The Morgan fingerprint density at radius 1 is 1.25 bits per heavy atom. The Morgan fingerprint density at radius 3 is 2.57 bits per heavy atom. The van der Waals surface area contributed by atoms with Crippen LogP contribution in [-0.4, -0.2) is 73.0 Å². The van der Waals surface area contributed by atoms with Crippen molar-refractivity contribution >= 4 is 35.8 Å². The summed E-state index contributed by atoms with van der Waals surface area (Å²) in [6.07, 6.45) is 6.30. The van der Waals surface area contributed by atoms with E-state index in [1.807, 2.05) is 4.90 Å². The SMILES string of the molecule is CCNC(=NCCC(=O)N1CCCCC1C)NC(C)CCCN(CC)CC.I. The number of aliphatic imine (C=N–C) groups is 1. The predicted octanol–water partition coefficient (Wildman–Crippen LogP) is 3.46. The molecule has 1 aliphatic rings. The molecule has 6 nitrogen and oxygen atoms in total. The number of nitrogens with one attached hydrogen (secondary N) is 2. The number of piperidine rings is 1. The number of guanidine groups is 1. The van der Waals surface area contributed by atoms with E-state index in [1.54, 1.807) is 0 Å². The summed E-state index contributed by atoms with van der Waals surface area (Å²) in [5, 5.41) is 6.79. The minimum atomic E-state index is 0. The van der Waals surface area contributed by atoms with Crippen LogP contribution in [0.5, 0.6) is 0 Å². The standard InChI is InChI=1S/C21H43N5O.HI/c1-6-22-21(24-18(4)12-11-16-25(7-2)8-3)23-15-14-20(27)26-17-10-9-13-19(26)5;/h18-19H,6-17H2,1-5H3,(H2,22,23,24);1H. The maximum Gasteiger partial charge on any atom is 0.224 e. The van der Waals surface area contributed by atoms with Gasteiger partial charge in [0.05, 0.1) is 6.54 Å². The third kappa shape index (κ3) is 10.8. The van der Waals surface area contributed by atoms with E-state index in [4.69, 9.17) is 0 Å². The monoisotopic (exact) mass is 509 g/mol. The Balaban J connectivity index is 0.00000729. The van der Waals surface area contributed by atoms with Gasteiger partial charge in [0.15, 0.2) is 5.96 Å². The molecule has 0 aromatic rings. The van der Waals surface area contributed by atoms with E-state index >= 15 is 0 Å². The van der Waals surface area contributed by atoms with Gasteiger partial charge in [0.2, 0.25) is 5.91 Å². The van der Waals surface area contributed by atoms with E-state index < -0.39 is 0 Å². The van der Waals surface area contributed by atoms with Crippen molar-refractivity contribution in [3.05, 3.63) is 0 Å². The summed E-state index contributed by atoms with van der Waals surface area (Å²) in [5.74, 6) is 1.07. The number of rotatable bonds is 11. The maximum absolute atomic E-state index is 12.4. The summed E-state index contributed by atoms with van der Waals surface area (Å²) in [6, 6.07) is 0.753. The van der Waals surface area contributed by atoms with Crippen molar-refractivity contribution in [2.24, 2.45) is 4.99 Å². The molecule has 1 rings (SSSR count). The zero-order chi connectivity index (χ0) is 20.1. The zero-order valence-corrected chi connectivity index (χ0v) is 21.1. The first-order valence-electron chi connectivity index (χ1n) is 11.1. The summed E-state index contributed by atoms with van der Waals surface area (Å²) < 4.78 is 0. The molecule has 0 aromatic carbocycles. The lowest BCUT2D eigenvalue weighted by Crippen LogP contribution is -2.43. The van der Waals surface area contributed by atoms with E-state index in [0.29, 0.717) is 25.0 Å². The maximum atomic E-state index is 12.4. The van der Waals surface area contributed by atoms with Crippen LogP contribution in [0, 0.1) is 0 Å². The highest BCUT2D eigenvalue weighted by Gasteiger charge is 2.22. The van der Waals surface area contributed by atoms with Crippen LogP contribution in [0.4, 0.5) is 0 Å². The zero-order valence-electron chi connectivity index (χ0n) is 18.8. The van der Waals surface area contributed by atoms with Crippen LogP contribution in [0.2, 0.25) is 0 Å². The fourth-order valence-corrected chi connectivity index (χ4v) is 3.66. The fourth-order valence-electron chi connectivity index (χ4n) is 3.66. The van der Waals surface area contributed by atoms with E-state index in [2.05, 4.69) is 55.1 Å². The average molecular weight is 510 g/mol. The number of nitrogens with zero attached hydrogens (tertiary/aromatic N) is 3. The molecule has 1 saturated heterocycles. The van der Waals surface area contributed by atoms with Gasteiger partial charge in [0.25, 0.3) is 0 Å². The first-order valence-corrected chi connectivity index (χ1v) is 11.1. The molecular formula is C21H44IN5O. The van der Waals surface area contributed by atoms with E-state index in [-0.39, 0.29) is 29.9 Å². The molecule has 0 saturated carbocycles. The van der Waals surface area contributed by atoms with Gasteiger partial charge in [0.1, 0.15) is 0 Å². The lowest BCUT2D eigenvalue weighted by atomic mass is 10.0. The predicted molar refractivity (Wildman–Crippen MR) is 131 cm³/mol. The molecule has 1 amide bonds. The van der Waals surface area contributed by atoms with Crippen molar-refractivity contribution in [2.75, 3.05) is 39.3 Å². The number of halogens is 1.